The maximum atomic E-state index is 12.9. The number of halogens is 3. The zero-order valence-corrected chi connectivity index (χ0v) is 14.3. The van der Waals surface area contributed by atoms with Gasteiger partial charge in [0.25, 0.3) is 0 Å². The minimum absolute atomic E-state index is 0.0332. The largest absolute Gasteiger partial charge is 0.416 e. The molecule has 3 rings (SSSR count). The van der Waals surface area contributed by atoms with E-state index >= 15 is 0 Å². The van der Waals surface area contributed by atoms with Gasteiger partial charge >= 0.3 is 6.18 Å². The molecule has 2 fully saturated rings. The second-order valence-corrected chi connectivity index (χ2v) is 6.79. The van der Waals surface area contributed by atoms with E-state index in [1.807, 2.05) is 0 Å². The Hall–Kier alpha value is -1.19. The Morgan fingerprint density at radius 3 is 2.40 bits per heavy atom. The van der Waals surface area contributed by atoms with Crippen LogP contribution in [0.4, 0.5) is 13.2 Å². The number of fused-ring (bicyclic) bond motifs is 1. The summed E-state index contributed by atoms with van der Waals surface area (Å²) in [6, 6.07) is 3.52. The Balaban J connectivity index is 1.86. The molecule has 8 heteroatoms. The first-order valence-corrected chi connectivity index (χ1v) is 7.93. The van der Waals surface area contributed by atoms with Gasteiger partial charge in [-0.05, 0) is 38.0 Å². The molecule has 2 saturated heterocycles. The van der Waals surface area contributed by atoms with Gasteiger partial charge in [0.1, 0.15) is 24.4 Å². The van der Waals surface area contributed by atoms with Crippen LogP contribution in [-0.4, -0.2) is 42.6 Å². The van der Waals surface area contributed by atoms with Gasteiger partial charge in [-0.25, -0.2) is 0 Å². The molecule has 0 saturated carbocycles. The zero-order valence-electron chi connectivity index (χ0n) is 14.3. The van der Waals surface area contributed by atoms with E-state index in [0.717, 1.165) is 6.07 Å². The van der Waals surface area contributed by atoms with Gasteiger partial charge in [-0.2, -0.15) is 13.2 Å². The van der Waals surface area contributed by atoms with E-state index in [0.29, 0.717) is 5.56 Å². The molecule has 0 aromatic heterocycles. The fraction of sp³-hybridized carbons (Fsp3) is 0.647. The van der Waals surface area contributed by atoms with Gasteiger partial charge in [0.15, 0.2) is 12.1 Å². The standard InChI is InChI=1S/C17H21F3O5/c1-8-7-9(5-6-10(8)17(18,19)20)11(21)12-13-14(15(22-4)23-12)25-16(2,3)24-13/h5-7,11-15,21H,1-4H3/t11-,12-,13-,14-,15-/m1/s1. The molecule has 5 nitrogen and oxygen atoms in total. The van der Waals surface area contributed by atoms with Crippen molar-refractivity contribution in [3.05, 3.63) is 34.9 Å². The summed E-state index contributed by atoms with van der Waals surface area (Å²) in [6.07, 6.45) is -8.25. The second kappa shape index (κ2) is 6.21. The smallest absolute Gasteiger partial charge is 0.386 e. The van der Waals surface area contributed by atoms with E-state index in [1.165, 1.54) is 26.2 Å². The highest BCUT2D eigenvalue weighted by Gasteiger charge is 2.57. The number of rotatable bonds is 3. The minimum atomic E-state index is -4.43. The molecule has 0 amide bonds. The lowest BCUT2D eigenvalue weighted by atomic mass is 9.96. The molecule has 5 atom stereocenters. The molecular weight excluding hydrogens is 341 g/mol. The van der Waals surface area contributed by atoms with Crippen LogP contribution in [0.15, 0.2) is 18.2 Å². The third-order valence-electron chi connectivity index (χ3n) is 4.49. The lowest BCUT2D eigenvalue weighted by molar-refractivity contribution is -0.237. The quantitative estimate of drug-likeness (QED) is 0.896. The highest BCUT2D eigenvalue weighted by Crippen LogP contribution is 2.43. The number of ether oxygens (including phenoxy) is 4. The molecule has 1 aromatic rings. The van der Waals surface area contributed by atoms with Crippen LogP contribution in [0.1, 0.15) is 36.6 Å². The number of hydrogen-bond acceptors (Lipinski definition) is 5. The second-order valence-electron chi connectivity index (χ2n) is 6.79. The molecule has 0 aliphatic carbocycles. The third-order valence-corrected chi connectivity index (χ3v) is 4.49. The van der Waals surface area contributed by atoms with Crippen LogP contribution in [-0.2, 0) is 25.1 Å². The summed E-state index contributed by atoms with van der Waals surface area (Å²) in [5.41, 5.74) is -0.380. The van der Waals surface area contributed by atoms with Gasteiger partial charge in [0.05, 0.1) is 5.56 Å². The van der Waals surface area contributed by atoms with Gasteiger partial charge < -0.3 is 24.1 Å². The number of methoxy groups -OCH3 is 1. The van der Waals surface area contributed by atoms with Crippen molar-refractivity contribution >= 4 is 0 Å². The molecule has 2 aliphatic rings. The highest BCUT2D eigenvalue weighted by molar-refractivity contribution is 5.34. The molecule has 1 aromatic carbocycles. The average molecular weight is 362 g/mol. The molecule has 140 valence electrons. The number of alkyl halides is 3. The lowest BCUT2D eigenvalue weighted by Crippen LogP contribution is -2.34. The minimum Gasteiger partial charge on any atom is -0.386 e. The average Bonchev–Trinajstić information content (AvgIpc) is 2.97. The summed E-state index contributed by atoms with van der Waals surface area (Å²) in [5, 5.41) is 10.7. The SMILES string of the molecule is CO[C@@H]1O[C@H]([C@H](O)c2ccc(C(F)(F)F)c(C)c2)[C@H]2OC(C)(C)O[C@@H]12. The van der Waals surface area contributed by atoms with E-state index in [1.54, 1.807) is 13.8 Å². The summed E-state index contributed by atoms with van der Waals surface area (Å²) < 4.78 is 61.2. The summed E-state index contributed by atoms with van der Waals surface area (Å²) in [6.45, 7) is 4.83. The van der Waals surface area contributed by atoms with E-state index in [9.17, 15) is 18.3 Å². The van der Waals surface area contributed by atoms with Gasteiger partial charge in [-0.3, -0.25) is 0 Å². The number of aliphatic hydroxyl groups excluding tert-OH is 1. The number of benzene rings is 1. The topological polar surface area (TPSA) is 57.2 Å². The maximum absolute atomic E-state index is 12.9. The summed E-state index contributed by atoms with van der Waals surface area (Å²) >= 11 is 0. The van der Waals surface area contributed by atoms with Gasteiger partial charge in [0, 0.05) is 7.11 Å². The van der Waals surface area contributed by atoms with Crippen molar-refractivity contribution in [1.29, 1.82) is 0 Å². The van der Waals surface area contributed by atoms with Crippen LogP contribution in [0, 0.1) is 6.92 Å². The predicted molar refractivity (Wildman–Crippen MR) is 80.6 cm³/mol. The van der Waals surface area contributed by atoms with Crippen LogP contribution in [0.2, 0.25) is 0 Å². The van der Waals surface area contributed by atoms with E-state index in [2.05, 4.69) is 0 Å². The van der Waals surface area contributed by atoms with Gasteiger partial charge in [-0.1, -0.05) is 12.1 Å². The Morgan fingerprint density at radius 2 is 1.84 bits per heavy atom. The molecule has 0 spiro atoms. The molecule has 1 N–H and O–H groups in total. The Morgan fingerprint density at radius 1 is 1.20 bits per heavy atom. The predicted octanol–water partition coefficient (Wildman–Crippen LogP) is 2.94. The van der Waals surface area contributed by atoms with Crippen LogP contribution >= 0.6 is 0 Å². The third kappa shape index (κ3) is 3.41. The molecule has 2 heterocycles. The van der Waals surface area contributed by atoms with Crippen molar-refractivity contribution < 1.29 is 37.2 Å². The fourth-order valence-corrected chi connectivity index (χ4v) is 3.41. The van der Waals surface area contributed by atoms with Crippen molar-refractivity contribution in [3.8, 4) is 0 Å². The first-order valence-electron chi connectivity index (χ1n) is 7.93. The number of hydrogen-bond donors (Lipinski definition) is 1. The first-order chi connectivity index (χ1) is 11.5. The number of aliphatic hydroxyl groups is 1. The molecule has 2 aliphatic heterocycles. The first kappa shape index (κ1) is 18.6. The van der Waals surface area contributed by atoms with E-state index in [4.69, 9.17) is 18.9 Å². The van der Waals surface area contributed by atoms with Crippen LogP contribution in [0.25, 0.3) is 0 Å². The molecule has 0 bridgehead atoms. The van der Waals surface area contributed by atoms with Crippen molar-refractivity contribution in [2.24, 2.45) is 0 Å². The fourth-order valence-electron chi connectivity index (χ4n) is 3.41. The monoisotopic (exact) mass is 362 g/mol. The maximum Gasteiger partial charge on any atom is 0.416 e. The molecule has 25 heavy (non-hydrogen) atoms. The highest BCUT2D eigenvalue weighted by atomic mass is 19.4. The van der Waals surface area contributed by atoms with E-state index in [-0.39, 0.29) is 5.56 Å². The Kier molecular flexibility index (Phi) is 4.62. The van der Waals surface area contributed by atoms with Gasteiger partial charge in [-0.15, -0.1) is 0 Å². The van der Waals surface area contributed by atoms with Crippen molar-refractivity contribution in [3.63, 3.8) is 0 Å². The molecule has 0 radical (unpaired) electrons. The van der Waals surface area contributed by atoms with E-state index < -0.39 is 48.2 Å². The van der Waals surface area contributed by atoms with Crippen LogP contribution in [0.5, 0.6) is 0 Å². The van der Waals surface area contributed by atoms with Crippen molar-refractivity contribution in [2.75, 3.05) is 7.11 Å². The lowest BCUT2D eigenvalue weighted by Gasteiger charge is -2.26. The van der Waals surface area contributed by atoms with Crippen molar-refractivity contribution in [2.45, 2.75) is 63.4 Å². The van der Waals surface area contributed by atoms with Crippen LogP contribution < -0.4 is 0 Å². The number of aryl methyl sites for hydroxylation is 1. The summed E-state index contributed by atoms with van der Waals surface area (Å²) in [4.78, 5) is 0. The Bertz CT molecular complexity index is 646. The van der Waals surface area contributed by atoms with Crippen molar-refractivity contribution in [1.82, 2.24) is 0 Å². The Labute approximate surface area is 143 Å². The molecule has 0 unspecified atom stereocenters. The summed E-state index contributed by atoms with van der Waals surface area (Å²) in [7, 11) is 1.45. The zero-order chi connectivity index (χ0) is 18.6. The van der Waals surface area contributed by atoms with Crippen LogP contribution in [0.3, 0.4) is 0 Å². The molecular formula is C17H21F3O5. The normalized spacial score (nSPS) is 32.6. The van der Waals surface area contributed by atoms with Gasteiger partial charge in [0.2, 0.25) is 0 Å². The summed E-state index contributed by atoms with van der Waals surface area (Å²) in [5.74, 6) is -0.857.